The van der Waals surface area contributed by atoms with Gasteiger partial charge in [0.15, 0.2) is 0 Å². The molecule has 0 nitrogen and oxygen atoms in total. The molecule has 0 atom stereocenters. The van der Waals surface area contributed by atoms with Gasteiger partial charge < -0.3 is 0 Å². The minimum Gasteiger partial charge on any atom is -0.0622 e. The number of fused-ring (bicyclic) bond motifs is 3. The van der Waals surface area contributed by atoms with E-state index in [1.807, 2.05) is 0 Å². The van der Waals surface area contributed by atoms with Crippen molar-refractivity contribution in [1.29, 1.82) is 0 Å². The van der Waals surface area contributed by atoms with Gasteiger partial charge in [-0.1, -0.05) is 127 Å². The van der Waals surface area contributed by atoms with Gasteiger partial charge in [-0.05, 0) is 61.0 Å². The van der Waals surface area contributed by atoms with Gasteiger partial charge in [-0.25, -0.2) is 0 Å². The molecule has 0 heterocycles. The first-order chi connectivity index (χ1) is 15.9. The van der Waals surface area contributed by atoms with Gasteiger partial charge in [-0.3, -0.25) is 0 Å². The van der Waals surface area contributed by atoms with Crippen LogP contribution < -0.4 is 0 Å². The van der Waals surface area contributed by atoms with Crippen molar-refractivity contribution in [2.75, 3.05) is 0 Å². The maximum Gasteiger partial charge on any atom is -0.00201 e. The average molecular weight is 407 g/mol. The predicted molar refractivity (Wildman–Crippen MR) is 138 cm³/mol. The van der Waals surface area contributed by atoms with E-state index in [0.29, 0.717) is 0 Å². The molecule has 0 aromatic heterocycles. The lowest BCUT2D eigenvalue weighted by Crippen LogP contribution is -1.92. The van der Waals surface area contributed by atoms with E-state index in [9.17, 15) is 0 Å². The van der Waals surface area contributed by atoms with E-state index in [1.54, 1.807) is 0 Å². The molecule has 0 saturated carbocycles. The van der Waals surface area contributed by atoms with Crippen LogP contribution in [0, 0.1) is 0 Å². The zero-order valence-corrected chi connectivity index (χ0v) is 17.7. The number of benzene rings is 6. The minimum atomic E-state index is 1.24. The summed E-state index contributed by atoms with van der Waals surface area (Å²) in [7, 11) is 0. The molecule has 0 radical (unpaired) electrons. The van der Waals surface area contributed by atoms with E-state index >= 15 is 0 Å². The van der Waals surface area contributed by atoms with E-state index in [4.69, 9.17) is 0 Å². The highest BCUT2D eigenvalue weighted by molar-refractivity contribution is 6.22. The van der Waals surface area contributed by atoms with Crippen molar-refractivity contribution in [3.8, 4) is 33.4 Å². The van der Waals surface area contributed by atoms with E-state index in [1.165, 1.54) is 54.9 Å². The van der Waals surface area contributed by atoms with Gasteiger partial charge in [0, 0.05) is 0 Å². The number of rotatable bonds is 3. The monoisotopic (exact) mass is 406 g/mol. The Hall–Kier alpha value is -4.16. The molecule has 6 aromatic rings. The molecule has 0 bridgehead atoms. The Bertz CT molecular complexity index is 1530. The molecule has 0 amide bonds. The van der Waals surface area contributed by atoms with Crippen molar-refractivity contribution >= 4 is 21.5 Å². The molecule has 32 heavy (non-hydrogen) atoms. The molecule has 0 aliphatic carbocycles. The Morgan fingerprint density at radius 1 is 0.250 bits per heavy atom. The van der Waals surface area contributed by atoms with Gasteiger partial charge in [0.05, 0.1) is 0 Å². The van der Waals surface area contributed by atoms with Gasteiger partial charge in [0.25, 0.3) is 0 Å². The lowest BCUT2D eigenvalue weighted by molar-refractivity contribution is 1.62. The second kappa shape index (κ2) is 7.83. The van der Waals surface area contributed by atoms with Gasteiger partial charge in [-0.15, -0.1) is 0 Å². The third-order valence-corrected chi connectivity index (χ3v) is 6.26. The average Bonchev–Trinajstić information content (AvgIpc) is 2.89. The third kappa shape index (κ3) is 3.09. The highest BCUT2D eigenvalue weighted by Gasteiger charge is 2.17. The molecule has 150 valence electrons. The molecule has 0 heteroatoms. The standard InChI is InChI=1S/C32H22/c1-4-12-23(13-5-1)26-20-21-28-27-18-10-11-19-29(27)31(24-14-6-2-7-15-24)32(30(28)22-26)25-16-8-3-9-17-25/h1-22H. The van der Waals surface area contributed by atoms with Crippen LogP contribution in [0.15, 0.2) is 133 Å². The highest BCUT2D eigenvalue weighted by Crippen LogP contribution is 2.45. The number of hydrogen-bond donors (Lipinski definition) is 0. The summed E-state index contributed by atoms with van der Waals surface area (Å²) < 4.78 is 0. The van der Waals surface area contributed by atoms with E-state index in [2.05, 4.69) is 133 Å². The fourth-order valence-electron chi connectivity index (χ4n) is 4.81. The molecule has 0 aliphatic heterocycles. The first kappa shape index (κ1) is 18.6. The molecule has 0 fully saturated rings. The van der Waals surface area contributed by atoms with E-state index < -0.39 is 0 Å². The van der Waals surface area contributed by atoms with Crippen LogP contribution in [-0.4, -0.2) is 0 Å². The Balaban J connectivity index is 1.81. The second-order valence-electron chi connectivity index (χ2n) is 8.15. The largest absolute Gasteiger partial charge is 0.0622 e. The second-order valence-corrected chi connectivity index (χ2v) is 8.15. The molecule has 0 spiro atoms. The summed E-state index contributed by atoms with van der Waals surface area (Å²) in [5, 5.41) is 5.16. The number of hydrogen-bond acceptors (Lipinski definition) is 0. The minimum absolute atomic E-state index is 1.24. The maximum atomic E-state index is 2.37. The SMILES string of the molecule is c1ccc(-c2ccc3c(c2)c(-c2ccccc2)c(-c2ccccc2)c2ccccc23)cc1. The van der Waals surface area contributed by atoms with Gasteiger partial charge in [0.1, 0.15) is 0 Å². The summed E-state index contributed by atoms with van der Waals surface area (Å²) in [6.07, 6.45) is 0. The summed E-state index contributed by atoms with van der Waals surface area (Å²) in [5.41, 5.74) is 7.56. The smallest absolute Gasteiger partial charge is 0.00201 e. The Morgan fingerprint density at radius 3 is 1.28 bits per heavy atom. The highest BCUT2D eigenvalue weighted by atomic mass is 14.2. The molecule has 0 unspecified atom stereocenters. The van der Waals surface area contributed by atoms with Crippen molar-refractivity contribution in [3.05, 3.63) is 133 Å². The van der Waals surface area contributed by atoms with Crippen LogP contribution in [0.3, 0.4) is 0 Å². The Kier molecular flexibility index (Phi) is 4.55. The zero-order chi connectivity index (χ0) is 21.3. The van der Waals surface area contributed by atoms with Crippen LogP contribution in [0.1, 0.15) is 0 Å². The molecular weight excluding hydrogens is 384 g/mol. The Labute approximate surface area is 188 Å². The molecule has 0 saturated heterocycles. The van der Waals surface area contributed by atoms with Crippen molar-refractivity contribution in [3.63, 3.8) is 0 Å². The summed E-state index contributed by atoms with van der Waals surface area (Å²) in [5.74, 6) is 0. The van der Waals surface area contributed by atoms with Gasteiger partial charge in [-0.2, -0.15) is 0 Å². The van der Waals surface area contributed by atoms with Crippen LogP contribution in [0.25, 0.3) is 54.9 Å². The molecule has 6 aromatic carbocycles. The van der Waals surface area contributed by atoms with Gasteiger partial charge >= 0.3 is 0 Å². The predicted octanol–water partition coefficient (Wildman–Crippen LogP) is 8.99. The summed E-state index contributed by atoms with van der Waals surface area (Å²) in [4.78, 5) is 0. The van der Waals surface area contributed by atoms with Crippen molar-refractivity contribution < 1.29 is 0 Å². The molecule has 6 rings (SSSR count). The fraction of sp³-hybridized carbons (Fsp3) is 0. The van der Waals surface area contributed by atoms with Crippen LogP contribution in [-0.2, 0) is 0 Å². The summed E-state index contributed by atoms with van der Waals surface area (Å²) in [6.45, 7) is 0. The summed E-state index contributed by atoms with van der Waals surface area (Å²) >= 11 is 0. The molecular formula is C32H22. The van der Waals surface area contributed by atoms with Crippen molar-refractivity contribution in [2.24, 2.45) is 0 Å². The topological polar surface area (TPSA) is 0 Å². The Morgan fingerprint density at radius 2 is 0.688 bits per heavy atom. The van der Waals surface area contributed by atoms with Crippen LogP contribution in [0.2, 0.25) is 0 Å². The molecule has 0 aliphatic rings. The van der Waals surface area contributed by atoms with Crippen molar-refractivity contribution in [2.45, 2.75) is 0 Å². The van der Waals surface area contributed by atoms with Gasteiger partial charge in [0.2, 0.25) is 0 Å². The lowest BCUT2D eigenvalue weighted by Gasteiger charge is -2.19. The van der Waals surface area contributed by atoms with Crippen molar-refractivity contribution in [1.82, 2.24) is 0 Å². The van der Waals surface area contributed by atoms with Crippen LogP contribution >= 0.6 is 0 Å². The zero-order valence-electron chi connectivity index (χ0n) is 17.7. The first-order valence-electron chi connectivity index (χ1n) is 11.0. The van der Waals surface area contributed by atoms with E-state index in [-0.39, 0.29) is 0 Å². The third-order valence-electron chi connectivity index (χ3n) is 6.26. The van der Waals surface area contributed by atoms with E-state index in [0.717, 1.165) is 0 Å². The lowest BCUT2D eigenvalue weighted by atomic mass is 9.84. The van der Waals surface area contributed by atoms with Crippen LogP contribution in [0.5, 0.6) is 0 Å². The quantitative estimate of drug-likeness (QED) is 0.257. The maximum absolute atomic E-state index is 2.37. The summed E-state index contributed by atoms with van der Waals surface area (Å²) in [6, 6.07) is 47.9. The molecule has 0 N–H and O–H groups in total. The normalized spacial score (nSPS) is 11.1. The first-order valence-corrected chi connectivity index (χ1v) is 11.0. The fourth-order valence-corrected chi connectivity index (χ4v) is 4.81. The van der Waals surface area contributed by atoms with Crippen LogP contribution in [0.4, 0.5) is 0 Å².